The van der Waals surface area contributed by atoms with Gasteiger partial charge in [0, 0.05) is 13.2 Å². The third kappa shape index (κ3) is 12.7. The summed E-state index contributed by atoms with van der Waals surface area (Å²) in [6.07, 6.45) is 11.8. The molecule has 1 N–H and O–H groups in total. The van der Waals surface area contributed by atoms with Crippen LogP contribution in [0.2, 0.25) is 0 Å². The highest BCUT2D eigenvalue weighted by Gasteiger charge is 2.28. The van der Waals surface area contributed by atoms with E-state index in [1.165, 1.54) is 58.2 Å². The summed E-state index contributed by atoms with van der Waals surface area (Å²) in [5.41, 5.74) is -0.445. The molecule has 0 aromatic rings. The van der Waals surface area contributed by atoms with Gasteiger partial charge < -0.3 is 15.0 Å². The van der Waals surface area contributed by atoms with E-state index < -0.39 is 5.60 Å². The van der Waals surface area contributed by atoms with E-state index in [4.69, 9.17) is 4.74 Å². The van der Waals surface area contributed by atoms with Crippen molar-refractivity contribution < 1.29 is 9.53 Å². The monoisotopic (exact) mass is 422 g/mol. The Hall–Kier alpha value is -0.870. The number of nitrogens with one attached hydrogen (secondary N) is 1. The number of ether oxygens (including phenoxy) is 1. The fourth-order valence-corrected chi connectivity index (χ4v) is 4.17. The van der Waals surface area contributed by atoms with Crippen LogP contribution in [-0.4, -0.2) is 49.2 Å². The van der Waals surface area contributed by atoms with Crippen LogP contribution in [0.25, 0.3) is 0 Å². The van der Waals surface area contributed by atoms with Crippen LogP contribution in [0.1, 0.15) is 92.4 Å². The van der Waals surface area contributed by atoms with Crippen LogP contribution in [0.3, 0.4) is 0 Å². The first-order chi connectivity index (χ1) is 14.2. The molecule has 1 rings (SSSR count). The molecule has 0 radical (unpaired) electrons. The van der Waals surface area contributed by atoms with Gasteiger partial charge in [0.1, 0.15) is 0 Å². The lowest BCUT2D eigenvalue weighted by atomic mass is 9.95. The zero-order valence-electron chi connectivity index (χ0n) is 20.7. The third-order valence-corrected chi connectivity index (χ3v) is 6.31. The van der Waals surface area contributed by atoms with Crippen molar-refractivity contribution in [1.29, 1.82) is 0 Å². The van der Waals surface area contributed by atoms with Crippen molar-refractivity contribution in [3.05, 3.63) is 12.7 Å². The Morgan fingerprint density at radius 1 is 1.13 bits per heavy atom. The smallest absolute Gasteiger partial charge is 0.222 e. The van der Waals surface area contributed by atoms with E-state index in [1.54, 1.807) is 0 Å². The van der Waals surface area contributed by atoms with Crippen molar-refractivity contribution in [3.8, 4) is 0 Å². The van der Waals surface area contributed by atoms with Crippen LogP contribution in [0, 0.1) is 17.8 Å². The fraction of sp³-hybridized carbons (Fsp3) is 0.885. The summed E-state index contributed by atoms with van der Waals surface area (Å²) in [5, 5.41) is 3.18. The van der Waals surface area contributed by atoms with Crippen molar-refractivity contribution in [2.45, 2.75) is 98.0 Å². The lowest BCUT2D eigenvalue weighted by molar-refractivity contribution is -0.128. The Labute approximate surface area is 187 Å². The highest BCUT2D eigenvalue weighted by molar-refractivity contribution is 5.77. The average Bonchev–Trinajstić information content (AvgIpc) is 2.66. The zero-order valence-corrected chi connectivity index (χ0v) is 20.7. The molecule has 1 saturated heterocycles. The largest absolute Gasteiger partial charge is 0.374 e. The molecular weight excluding hydrogens is 372 g/mol. The van der Waals surface area contributed by atoms with Gasteiger partial charge in [0.2, 0.25) is 5.91 Å². The summed E-state index contributed by atoms with van der Waals surface area (Å²) in [7, 11) is 0. The lowest BCUT2D eigenvalue weighted by Crippen LogP contribution is -2.41. The standard InChI is InChI=1S/C26H50N2O2/c1-7-15-26(6,30-19-14-23(4)5)20-25(29)27-21-24-12-17-28(18-13-24)16-10-8-9-11-22(2)3/h7,22-24H,1,8-21H2,2-6H3,(H,27,29). The first kappa shape index (κ1) is 27.2. The quantitative estimate of drug-likeness (QED) is 0.252. The molecule has 1 aliphatic rings. The highest BCUT2D eigenvalue weighted by atomic mass is 16.5. The molecule has 0 spiro atoms. The molecule has 0 bridgehead atoms. The number of hydrogen-bond donors (Lipinski definition) is 1. The number of hydrogen-bond acceptors (Lipinski definition) is 3. The number of carbonyl (C=O) groups excluding carboxylic acids is 1. The molecule has 1 heterocycles. The van der Waals surface area contributed by atoms with E-state index >= 15 is 0 Å². The minimum absolute atomic E-state index is 0.108. The maximum atomic E-state index is 12.6. The molecule has 0 aliphatic carbocycles. The van der Waals surface area contributed by atoms with E-state index in [-0.39, 0.29) is 5.91 Å². The third-order valence-electron chi connectivity index (χ3n) is 6.31. The second-order valence-corrected chi connectivity index (χ2v) is 10.5. The van der Waals surface area contributed by atoms with Gasteiger partial charge >= 0.3 is 0 Å². The molecule has 1 aliphatic heterocycles. The van der Waals surface area contributed by atoms with Crippen LogP contribution >= 0.6 is 0 Å². The van der Waals surface area contributed by atoms with Gasteiger partial charge in [-0.2, -0.15) is 0 Å². The Morgan fingerprint density at radius 3 is 2.40 bits per heavy atom. The molecule has 176 valence electrons. The molecule has 1 fully saturated rings. The zero-order chi connectivity index (χ0) is 22.4. The minimum atomic E-state index is -0.445. The Morgan fingerprint density at radius 2 is 1.80 bits per heavy atom. The van der Waals surface area contributed by atoms with Gasteiger partial charge in [0.25, 0.3) is 0 Å². The molecule has 30 heavy (non-hydrogen) atoms. The number of amides is 1. The van der Waals surface area contributed by atoms with Crippen molar-refractivity contribution in [2.24, 2.45) is 17.8 Å². The van der Waals surface area contributed by atoms with Gasteiger partial charge in [0.15, 0.2) is 0 Å². The maximum absolute atomic E-state index is 12.6. The lowest BCUT2D eigenvalue weighted by Gasteiger charge is -2.32. The molecule has 4 heteroatoms. The van der Waals surface area contributed by atoms with E-state index in [9.17, 15) is 4.79 Å². The second kappa shape index (κ2) is 15.0. The predicted molar refractivity (Wildman–Crippen MR) is 129 cm³/mol. The van der Waals surface area contributed by atoms with Crippen LogP contribution in [-0.2, 0) is 9.53 Å². The molecule has 0 aromatic carbocycles. The van der Waals surface area contributed by atoms with Gasteiger partial charge in [-0.05, 0) is 76.4 Å². The predicted octanol–water partition coefficient (Wildman–Crippen LogP) is 5.82. The summed E-state index contributed by atoms with van der Waals surface area (Å²) in [4.78, 5) is 15.2. The number of rotatable bonds is 16. The van der Waals surface area contributed by atoms with E-state index in [0.717, 1.165) is 18.9 Å². The van der Waals surface area contributed by atoms with E-state index in [0.29, 0.717) is 31.3 Å². The Bertz CT molecular complexity index is 470. The summed E-state index contributed by atoms with van der Waals surface area (Å²) in [6, 6.07) is 0. The van der Waals surface area contributed by atoms with Crippen molar-refractivity contribution in [1.82, 2.24) is 10.2 Å². The molecular formula is C26H50N2O2. The minimum Gasteiger partial charge on any atom is -0.374 e. The normalized spacial score (nSPS) is 18.0. The van der Waals surface area contributed by atoms with E-state index in [1.807, 2.05) is 13.0 Å². The molecule has 1 unspecified atom stereocenters. The molecule has 1 amide bonds. The average molecular weight is 423 g/mol. The van der Waals surface area contributed by atoms with Gasteiger partial charge in [-0.3, -0.25) is 4.79 Å². The van der Waals surface area contributed by atoms with Crippen LogP contribution in [0.15, 0.2) is 12.7 Å². The van der Waals surface area contributed by atoms with Gasteiger partial charge in [-0.25, -0.2) is 0 Å². The number of nitrogens with zero attached hydrogens (tertiary/aromatic N) is 1. The van der Waals surface area contributed by atoms with Crippen molar-refractivity contribution in [3.63, 3.8) is 0 Å². The SMILES string of the molecule is C=CCC(C)(CC(=O)NCC1CCN(CCCCCC(C)C)CC1)OCCC(C)C. The number of piperidine rings is 1. The summed E-state index contributed by atoms with van der Waals surface area (Å²) in [6.45, 7) is 20.0. The summed E-state index contributed by atoms with van der Waals surface area (Å²) < 4.78 is 6.09. The summed E-state index contributed by atoms with van der Waals surface area (Å²) in [5.74, 6) is 2.16. The first-order valence-electron chi connectivity index (χ1n) is 12.5. The van der Waals surface area contributed by atoms with Gasteiger partial charge in [-0.1, -0.05) is 53.0 Å². The molecule has 4 nitrogen and oxygen atoms in total. The number of unbranched alkanes of at least 4 members (excludes halogenated alkanes) is 2. The van der Waals surface area contributed by atoms with Crippen LogP contribution < -0.4 is 5.32 Å². The Balaban J connectivity index is 2.22. The number of likely N-dealkylation sites (tertiary alicyclic amines) is 1. The topological polar surface area (TPSA) is 41.6 Å². The Kier molecular flexibility index (Phi) is 13.6. The van der Waals surface area contributed by atoms with Gasteiger partial charge in [-0.15, -0.1) is 6.58 Å². The number of carbonyl (C=O) groups is 1. The second-order valence-electron chi connectivity index (χ2n) is 10.5. The van der Waals surface area contributed by atoms with Crippen LogP contribution in [0.4, 0.5) is 0 Å². The highest BCUT2D eigenvalue weighted by Crippen LogP contribution is 2.22. The molecule has 1 atom stereocenters. The summed E-state index contributed by atoms with van der Waals surface area (Å²) >= 11 is 0. The van der Waals surface area contributed by atoms with Gasteiger partial charge in [0.05, 0.1) is 12.0 Å². The van der Waals surface area contributed by atoms with Crippen molar-refractivity contribution in [2.75, 3.05) is 32.8 Å². The first-order valence-corrected chi connectivity index (χ1v) is 12.5. The van der Waals surface area contributed by atoms with Crippen LogP contribution in [0.5, 0.6) is 0 Å². The molecule has 0 saturated carbocycles. The van der Waals surface area contributed by atoms with E-state index in [2.05, 4.69) is 44.5 Å². The maximum Gasteiger partial charge on any atom is 0.222 e. The fourth-order valence-electron chi connectivity index (χ4n) is 4.17. The van der Waals surface area contributed by atoms with Crippen molar-refractivity contribution >= 4 is 5.91 Å². The molecule has 0 aromatic heterocycles.